The third kappa shape index (κ3) is 3.83. The van der Waals surface area contributed by atoms with Gasteiger partial charge in [0.15, 0.2) is 0 Å². The van der Waals surface area contributed by atoms with Gasteiger partial charge in [-0.05, 0) is 39.2 Å². The number of amides is 1. The highest BCUT2D eigenvalue weighted by Crippen LogP contribution is 2.25. The molecule has 1 N–H and O–H groups in total. The highest BCUT2D eigenvalue weighted by Gasteiger charge is 2.16. The molecule has 102 valence electrons. The van der Waals surface area contributed by atoms with Gasteiger partial charge in [0.05, 0.1) is 5.57 Å². The number of para-hydroxylation sites is 1. The van der Waals surface area contributed by atoms with Crippen molar-refractivity contribution in [2.75, 3.05) is 33.8 Å². The van der Waals surface area contributed by atoms with Crippen LogP contribution in [0, 0.1) is 0 Å². The molecule has 1 aromatic rings. The van der Waals surface area contributed by atoms with Gasteiger partial charge in [0.25, 0.3) is 5.91 Å². The maximum Gasteiger partial charge on any atom is 0.250 e. The maximum absolute atomic E-state index is 12.0. The Labute approximate surface area is 114 Å². The molecule has 1 aliphatic rings. The first-order chi connectivity index (χ1) is 9.16. The lowest BCUT2D eigenvalue weighted by molar-refractivity contribution is -0.117. The molecule has 1 amide bonds. The van der Waals surface area contributed by atoms with Crippen LogP contribution >= 0.6 is 0 Å². The summed E-state index contributed by atoms with van der Waals surface area (Å²) in [5, 5.41) is 2.92. The molecule has 0 aliphatic carbocycles. The molecule has 0 saturated carbocycles. The monoisotopic (exact) mass is 260 g/mol. The van der Waals surface area contributed by atoms with Crippen LogP contribution in [0.2, 0.25) is 0 Å². The first kappa shape index (κ1) is 13.6. The van der Waals surface area contributed by atoms with Crippen LogP contribution in [0.25, 0.3) is 6.08 Å². The second-order valence-electron chi connectivity index (χ2n) is 4.91. The van der Waals surface area contributed by atoms with Gasteiger partial charge in [-0.25, -0.2) is 0 Å². The Morgan fingerprint density at radius 2 is 2.16 bits per heavy atom. The average Bonchev–Trinajstić information content (AvgIpc) is 2.42. The molecule has 0 unspecified atom stereocenters. The Bertz CT molecular complexity index is 481. The predicted molar refractivity (Wildman–Crippen MR) is 76.1 cm³/mol. The topological polar surface area (TPSA) is 41.6 Å². The minimum atomic E-state index is -0.0340. The first-order valence-electron chi connectivity index (χ1n) is 6.52. The van der Waals surface area contributed by atoms with E-state index >= 15 is 0 Å². The largest absolute Gasteiger partial charge is 0.488 e. The zero-order valence-corrected chi connectivity index (χ0v) is 11.5. The van der Waals surface area contributed by atoms with Gasteiger partial charge in [-0.2, -0.15) is 0 Å². The zero-order chi connectivity index (χ0) is 13.7. The SMILES string of the molecule is CN(C)CCCNC(=O)C1=Cc2ccccc2OC1. The van der Waals surface area contributed by atoms with E-state index in [1.54, 1.807) is 0 Å². The van der Waals surface area contributed by atoms with E-state index in [9.17, 15) is 4.79 Å². The van der Waals surface area contributed by atoms with E-state index in [0.717, 1.165) is 24.3 Å². The lowest BCUT2D eigenvalue weighted by Crippen LogP contribution is -2.30. The van der Waals surface area contributed by atoms with E-state index in [-0.39, 0.29) is 5.91 Å². The number of carbonyl (C=O) groups is 1. The summed E-state index contributed by atoms with van der Waals surface area (Å²) in [5.41, 5.74) is 1.65. The first-order valence-corrected chi connectivity index (χ1v) is 6.52. The van der Waals surface area contributed by atoms with Crippen molar-refractivity contribution in [3.8, 4) is 5.75 Å². The van der Waals surface area contributed by atoms with Crippen LogP contribution in [0.1, 0.15) is 12.0 Å². The number of carbonyl (C=O) groups excluding carboxylic acids is 1. The van der Waals surface area contributed by atoms with E-state index in [1.165, 1.54) is 0 Å². The summed E-state index contributed by atoms with van der Waals surface area (Å²) in [7, 11) is 4.05. The van der Waals surface area contributed by atoms with Crippen molar-refractivity contribution in [2.24, 2.45) is 0 Å². The highest BCUT2D eigenvalue weighted by molar-refractivity contribution is 5.99. The van der Waals surface area contributed by atoms with E-state index in [4.69, 9.17) is 4.74 Å². The molecule has 0 bridgehead atoms. The summed E-state index contributed by atoms with van der Waals surface area (Å²) in [4.78, 5) is 14.1. The Kier molecular flexibility index (Phi) is 4.58. The molecular formula is C15H20N2O2. The van der Waals surface area contributed by atoms with Crippen LogP contribution in [-0.4, -0.2) is 44.6 Å². The summed E-state index contributed by atoms with van der Waals surface area (Å²) in [6.45, 7) is 2.01. The molecule has 0 aromatic heterocycles. The fourth-order valence-electron chi connectivity index (χ4n) is 1.96. The Hall–Kier alpha value is -1.81. The van der Waals surface area contributed by atoms with Crippen molar-refractivity contribution in [3.63, 3.8) is 0 Å². The lowest BCUT2D eigenvalue weighted by atomic mass is 10.1. The smallest absolute Gasteiger partial charge is 0.250 e. The van der Waals surface area contributed by atoms with Gasteiger partial charge < -0.3 is 15.0 Å². The van der Waals surface area contributed by atoms with Gasteiger partial charge in [-0.3, -0.25) is 4.79 Å². The number of fused-ring (bicyclic) bond motifs is 1. The standard InChI is InChI=1S/C15H20N2O2/c1-17(2)9-5-8-16-15(18)13-10-12-6-3-4-7-14(12)19-11-13/h3-4,6-7,10H,5,8-9,11H2,1-2H3,(H,16,18). The molecule has 4 nitrogen and oxygen atoms in total. The third-order valence-electron chi connectivity index (χ3n) is 2.99. The Morgan fingerprint density at radius 1 is 1.37 bits per heavy atom. The van der Waals surface area contributed by atoms with Crippen molar-refractivity contribution >= 4 is 12.0 Å². The van der Waals surface area contributed by atoms with Crippen LogP contribution in [-0.2, 0) is 4.79 Å². The Balaban J connectivity index is 1.89. The predicted octanol–water partition coefficient (Wildman–Crippen LogP) is 1.53. The molecule has 1 aromatic carbocycles. The fraction of sp³-hybridized carbons (Fsp3) is 0.400. The van der Waals surface area contributed by atoms with E-state index in [2.05, 4.69) is 10.2 Å². The molecule has 0 fully saturated rings. The quantitative estimate of drug-likeness (QED) is 0.816. The summed E-state index contributed by atoms with van der Waals surface area (Å²) in [6, 6.07) is 7.74. The summed E-state index contributed by atoms with van der Waals surface area (Å²) >= 11 is 0. The van der Waals surface area contributed by atoms with Crippen LogP contribution < -0.4 is 10.1 Å². The molecule has 19 heavy (non-hydrogen) atoms. The van der Waals surface area contributed by atoms with E-state index in [1.807, 2.05) is 44.4 Å². The number of ether oxygens (including phenoxy) is 1. The second kappa shape index (κ2) is 6.38. The molecule has 0 spiro atoms. The molecule has 0 saturated heterocycles. The average molecular weight is 260 g/mol. The molecule has 0 atom stereocenters. The minimum absolute atomic E-state index is 0.0340. The summed E-state index contributed by atoms with van der Waals surface area (Å²) in [6.07, 6.45) is 2.85. The van der Waals surface area contributed by atoms with E-state index < -0.39 is 0 Å². The number of hydrogen-bond acceptors (Lipinski definition) is 3. The maximum atomic E-state index is 12.0. The lowest BCUT2D eigenvalue weighted by Gasteiger charge is -2.17. The van der Waals surface area contributed by atoms with Crippen molar-refractivity contribution in [1.29, 1.82) is 0 Å². The minimum Gasteiger partial charge on any atom is -0.488 e. The van der Waals surface area contributed by atoms with Gasteiger partial charge in [-0.1, -0.05) is 18.2 Å². The number of hydrogen-bond donors (Lipinski definition) is 1. The summed E-state index contributed by atoms with van der Waals surface area (Å²) < 4.78 is 5.56. The molecule has 1 aliphatic heterocycles. The number of rotatable bonds is 5. The Morgan fingerprint density at radius 3 is 2.95 bits per heavy atom. The van der Waals surface area contributed by atoms with Gasteiger partial charge in [0.1, 0.15) is 12.4 Å². The normalized spacial score (nSPS) is 13.5. The van der Waals surface area contributed by atoms with Gasteiger partial charge in [-0.15, -0.1) is 0 Å². The van der Waals surface area contributed by atoms with Crippen molar-refractivity contribution in [3.05, 3.63) is 35.4 Å². The van der Waals surface area contributed by atoms with Crippen molar-refractivity contribution in [1.82, 2.24) is 10.2 Å². The summed E-state index contributed by atoms with van der Waals surface area (Å²) in [5.74, 6) is 0.805. The van der Waals surface area contributed by atoms with Gasteiger partial charge in [0.2, 0.25) is 0 Å². The number of benzene rings is 1. The van der Waals surface area contributed by atoms with Crippen LogP contribution in [0.5, 0.6) is 5.75 Å². The molecule has 4 heteroatoms. The molecular weight excluding hydrogens is 240 g/mol. The second-order valence-corrected chi connectivity index (χ2v) is 4.91. The van der Waals surface area contributed by atoms with Gasteiger partial charge >= 0.3 is 0 Å². The highest BCUT2D eigenvalue weighted by atomic mass is 16.5. The fourth-order valence-corrected chi connectivity index (χ4v) is 1.96. The number of nitrogens with zero attached hydrogens (tertiary/aromatic N) is 1. The van der Waals surface area contributed by atoms with Crippen LogP contribution in [0.4, 0.5) is 0 Å². The molecule has 0 radical (unpaired) electrons. The van der Waals surface area contributed by atoms with Crippen molar-refractivity contribution < 1.29 is 9.53 Å². The zero-order valence-electron chi connectivity index (χ0n) is 11.5. The molecule has 2 rings (SSSR count). The number of nitrogens with one attached hydrogen (secondary N) is 1. The van der Waals surface area contributed by atoms with Gasteiger partial charge in [0, 0.05) is 12.1 Å². The third-order valence-corrected chi connectivity index (χ3v) is 2.99. The van der Waals surface area contributed by atoms with Crippen LogP contribution in [0.3, 0.4) is 0 Å². The molecule has 1 heterocycles. The van der Waals surface area contributed by atoms with Crippen LogP contribution in [0.15, 0.2) is 29.8 Å². The van der Waals surface area contributed by atoms with E-state index in [0.29, 0.717) is 18.7 Å². The van der Waals surface area contributed by atoms with Crippen molar-refractivity contribution in [2.45, 2.75) is 6.42 Å².